The fraction of sp³-hybridized carbons (Fsp3) is 0.643. The number of carbonyl (C=O) groups is 1. The van der Waals surface area contributed by atoms with Crippen molar-refractivity contribution < 1.29 is 17.6 Å². The maximum Gasteiger partial charge on any atom is 0.273 e. The van der Waals surface area contributed by atoms with E-state index < -0.39 is 10.0 Å². The molecule has 1 amide bonds. The topological polar surface area (TPSA) is 106 Å². The Morgan fingerprint density at radius 1 is 1.43 bits per heavy atom. The van der Waals surface area contributed by atoms with Crippen molar-refractivity contribution in [2.45, 2.75) is 37.8 Å². The minimum absolute atomic E-state index is 0. The van der Waals surface area contributed by atoms with Gasteiger partial charge in [0, 0.05) is 25.2 Å². The quantitative estimate of drug-likeness (QED) is 0.831. The molecular weight excluding hydrogens is 342 g/mol. The number of halogens is 1. The summed E-state index contributed by atoms with van der Waals surface area (Å²) in [6, 6.07) is 1.42. The van der Waals surface area contributed by atoms with E-state index in [4.69, 9.17) is 10.2 Å². The normalized spacial score (nSPS) is 17.7. The molecule has 1 unspecified atom stereocenters. The van der Waals surface area contributed by atoms with E-state index >= 15 is 0 Å². The first kappa shape index (κ1) is 20.0. The Kier molecular flexibility index (Phi) is 6.64. The molecule has 9 heteroatoms. The Balaban J connectivity index is 0.00000264. The van der Waals surface area contributed by atoms with E-state index in [9.17, 15) is 13.2 Å². The first-order valence-corrected chi connectivity index (χ1v) is 8.83. The van der Waals surface area contributed by atoms with Crippen LogP contribution in [0.1, 0.15) is 35.9 Å². The van der Waals surface area contributed by atoms with Gasteiger partial charge in [0.25, 0.3) is 15.9 Å². The number of rotatable bonds is 4. The zero-order valence-corrected chi connectivity index (χ0v) is 15.2. The Morgan fingerprint density at radius 2 is 2.00 bits per heavy atom. The number of hydrogen-bond donors (Lipinski definition) is 2. The predicted molar refractivity (Wildman–Crippen MR) is 89.2 cm³/mol. The second kappa shape index (κ2) is 7.65. The molecule has 1 aromatic rings. The summed E-state index contributed by atoms with van der Waals surface area (Å²) in [5, 5.41) is -0.235. The molecule has 3 N–H and O–H groups in total. The number of aryl methyl sites for hydroxylation is 1. The van der Waals surface area contributed by atoms with Crippen molar-refractivity contribution in [1.82, 2.24) is 9.62 Å². The average molecular weight is 366 g/mol. The molecule has 0 saturated carbocycles. The SMILES string of the molecule is CNS(=O)(=O)c1cc(C(=O)N2CCC(C(C)N)CC2)c(C)o1.Cl. The lowest BCUT2D eigenvalue weighted by atomic mass is 9.91. The number of amides is 1. The molecule has 1 fully saturated rings. The second-order valence-corrected chi connectivity index (χ2v) is 7.55. The summed E-state index contributed by atoms with van der Waals surface area (Å²) in [4.78, 5) is 14.3. The van der Waals surface area contributed by atoms with Gasteiger partial charge in [-0.1, -0.05) is 0 Å². The summed E-state index contributed by atoms with van der Waals surface area (Å²) in [6.07, 6.45) is 1.73. The smallest absolute Gasteiger partial charge is 0.273 e. The standard InChI is InChI=1S/C14H23N3O4S.ClH/c1-9(15)11-4-6-17(7-5-11)14(18)12-8-13(21-10(12)2)22(19,20)16-3;/h8-9,11,16H,4-7,15H2,1-3H3;1H. The predicted octanol–water partition coefficient (Wildman–Crippen LogP) is 1.12. The van der Waals surface area contributed by atoms with Crippen LogP contribution in [0.3, 0.4) is 0 Å². The van der Waals surface area contributed by atoms with E-state index in [1.54, 1.807) is 11.8 Å². The first-order valence-electron chi connectivity index (χ1n) is 7.35. The fourth-order valence-corrected chi connectivity index (χ4v) is 3.41. The van der Waals surface area contributed by atoms with E-state index in [1.807, 2.05) is 6.92 Å². The zero-order chi connectivity index (χ0) is 16.5. The number of sulfonamides is 1. The monoisotopic (exact) mass is 365 g/mol. The van der Waals surface area contributed by atoms with E-state index in [0.29, 0.717) is 30.3 Å². The van der Waals surface area contributed by atoms with Gasteiger partial charge < -0.3 is 15.1 Å². The second-order valence-electron chi connectivity index (χ2n) is 5.73. The van der Waals surface area contributed by atoms with Gasteiger partial charge in [0.15, 0.2) is 0 Å². The third-order valence-corrected chi connectivity index (χ3v) is 5.50. The van der Waals surface area contributed by atoms with E-state index in [0.717, 1.165) is 12.8 Å². The highest BCUT2D eigenvalue weighted by Crippen LogP contribution is 2.24. The van der Waals surface area contributed by atoms with Gasteiger partial charge in [-0.25, -0.2) is 13.1 Å². The largest absolute Gasteiger partial charge is 0.448 e. The van der Waals surface area contributed by atoms with Crippen LogP contribution in [0.25, 0.3) is 0 Å². The molecule has 2 heterocycles. The van der Waals surface area contributed by atoms with Crippen LogP contribution < -0.4 is 10.5 Å². The minimum atomic E-state index is -3.69. The van der Waals surface area contributed by atoms with Gasteiger partial charge >= 0.3 is 0 Å². The highest BCUT2D eigenvalue weighted by molar-refractivity contribution is 7.89. The van der Waals surface area contributed by atoms with Crippen LogP contribution in [-0.2, 0) is 10.0 Å². The summed E-state index contributed by atoms with van der Waals surface area (Å²) >= 11 is 0. The number of nitrogens with two attached hydrogens (primary N) is 1. The summed E-state index contributed by atoms with van der Waals surface area (Å²) in [7, 11) is -2.39. The Bertz CT molecular complexity index is 649. The molecule has 0 bridgehead atoms. The van der Waals surface area contributed by atoms with Crippen LogP contribution in [0.2, 0.25) is 0 Å². The molecule has 1 saturated heterocycles. The number of likely N-dealkylation sites (tertiary alicyclic amines) is 1. The molecule has 132 valence electrons. The summed E-state index contributed by atoms with van der Waals surface area (Å²) in [5.41, 5.74) is 6.20. The zero-order valence-electron chi connectivity index (χ0n) is 13.5. The van der Waals surface area contributed by atoms with Crippen molar-refractivity contribution in [1.29, 1.82) is 0 Å². The first-order chi connectivity index (χ1) is 10.3. The van der Waals surface area contributed by atoms with Gasteiger partial charge in [0.05, 0.1) is 5.56 Å². The lowest BCUT2D eigenvalue weighted by Gasteiger charge is -2.33. The van der Waals surface area contributed by atoms with Crippen molar-refractivity contribution in [2.75, 3.05) is 20.1 Å². The highest BCUT2D eigenvalue weighted by Gasteiger charge is 2.29. The van der Waals surface area contributed by atoms with Gasteiger partial charge in [-0.15, -0.1) is 12.4 Å². The molecular formula is C14H24ClN3O4S. The number of nitrogens with one attached hydrogen (secondary N) is 1. The minimum Gasteiger partial charge on any atom is -0.448 e. The molecule has 0 spiro atoms. The Hall–Kier alpha value is -1.09. The molecule has 0 aromatic carbocycles. The van der Waals surface area contributed by atoms with Crippen LogP contribution >= 0.6 is 12.4 Å². The fourth-order valence-electron chi connectivity index (χ4n) is 2.70. The number of furan rings is 1. The summed E-state index contributed by atoms with van der Waals surface area (Å²) in [5.74, 6) is 0.546. The van der Waals surface area contributed by atoms with Gasteiger partial charge in [-0.05, 0) is 39.7 Å². The van der Waals surface area contributed by atoms with Crippen LogP contribution in [-0.4, -0.2) is 45.4 Å². The van der Waals surface area contributed by atoms with Gasteiger partial charge in [0.1, 0.15) is 5.76 Å². The molecule has 0 radical (unpaired) electrons. The summed E-state index contributed by atoms with van der Waals surface area (Å²) in [6.45, 7) is 4.83. The lowest BCUT2D eigenvalue weighted by Crippen LogP contribution is -2.42. The van der Waals surface area contributed by atoms with E-state index in [2.05, 4.69) is 4.72 Å². The van der Waals surface area contributed by atoms with Gasteiger partial charge in [-0.3, -0.25) is 4.79 Å². The lowest BCUT2D eigenvalue weighted by molar-refractivity contribution is 0.0679. The average Bonchev–Trinajstić information content (AvgIpc) is 2.89. The molecule has 1 aliphatic rings. The molecule has 7 nitrogen and oxygen atoms in total. The Labute approximate surface area is 143 Å². The Morgan fingerprint density at radius 3 is 2.48 bits per heavy atom. The maximum absolute atomic E-state index is 12.5. The third-order valence-electron chi connectivity index (χ3n) is 4.23. The number of piperidine rings is 1. The van der Waals surface area contributed by atoms with Crippen molar-refractivity contribution in [3.63, 3.8) is 0 Å². The molecule has 23 heavy (non-hydrogen) atoms. The molecule has 1 aliphatic heterocycles. The van der Waals surface area contributed by atoms with Crippen molar-refractivity contribution in [3.8, 4) is 0 Å². The molecule has 2 rings (SSSR count). The number of hydrogen-bond acceptors (Lipinski definition) is 5. The van der Waals surface area contributed by atoms with Crippen LogP contribution in [0, 0.1) is 12.8 Å². The van der Waals surface area contributed by atoms with Crippen LogP contribution in [0.4, 0.5) is 0 Å². The number of carbonyl (C=O) groups excluding carboxylic acids is 1. The summed E-state index contributed by atoms with van der Waals surface area (Å²) < 4.78 is 30.9. The van der Waals surface area contributed by atoms with Gasteiger partial charge in [-0.2, -0.15) is 0 Å². The van der Waals surface area contributed by atoms with Crippen molar-refractivity contribution in [3.05, 3.63) is 17.4 Å². The van der Waals surface area contributed by atoms with Crippen LogP contribution in [0.5, 0.6) is 0 Å². The number of nitrogens with zero attached hydrogens (tertiary/aromatic N) is 1. The van der Waals surface area contributed by atoms with Crippen molar-refractivity contribution >= 4 is 28.3 Å². The third kappa shape index (κ3) is 4.26. The van der Waals surface area contributed by atoms with Gasteiger partial charge in [0.2, 0.25) is 5.09 Å². The van der Waals surface area contributed by atoms with Crippen molar-refractivity contribution in [2.24, 2.45) is 11.7 Å². The molecule has 1 atom stereocenters. The maximum atomic E-state index is 12.5. The highest BCUT2D eigenvalue weighted by atomic mass is 35.5. The molecule has 1 aromatic heterocycles. The van der Waals surface area contributed by atoms with E-state index in [-0.39, 0.29) is 29.4 Å². The molecule has 0 aliphatic carbocycles. The van der Waals surface area contributed by atoms with E-state index in [1.165, 1.54) is 13.1 Å². The van der Waals surface area contributed by atoms with Crippen LogP contribution in [0.15, 0.2) is 15.6 Å².